The number of carbonyl (C=O) groups is 1. The van der Waals surface area contributed by atoms with Crippen LogP contribution in [0.2, 0.25) is 0 Å². The van der Waals surface area contributed by atoms with Crippen LogP contribution in [0.1, 0.15) is 57.4 Å². The predicted octanol–water partition coefficient (Wildman–Crippen LogP) is 3.67. The molecule has 0 radical (unpaired) electrons. The van der Waals surface area contributed by atoms with Crippen LogP contribution in [-0.4, -0.2) is 18.0 Å². The number of hydrogen-bond acceptors (Lipinski definition) is 2. The van der Waals surface area contributed by atoms with Crippen molar-refractivity contribution in [1.29, 1.82) is 0 Å². The van der Waals surface area contributed by atoms with E-state index in [9.17, 15) is 4.79 Å². The van der Waals surface area contributed by atoms with E-state index in [4.69, 9.17) is 0 Å². The van der Waals surface area contributed by atoms with E-state index in [2.05, 4.69) is 36.6 Å². The highest BCUT2D eigenvalue weighted by Gasteiger charge is 2.34. The molecule has 114 valence electrons. The van der Waals surface area contributed by atoms with Gasteiger partial charge in [-0.2, -0.15) is 0 Å². The molecule has 2 aliphatic rings. The first-order valence-corrected chi connectivity index (χ1v) is 8.26. The van der Waals surface area contributed by atoms with Gasteiger partial charge in [0.2, 0.25) is 5.91 Å². The number of amides is 1. The molecule has 2 aliphatic heterocycles. The number of nitrogens with one attached hydrogen (secondary N) is 2. The molecule has 2 unspecified atom stereocenters. The summed E-state index contributed by atoms with van der Waals surface area (Å²) in [6.45, 7) is 4.36. The lowest BCUT2D eigenvalue weighted by molar-refractivity contribution is -0.117. The van der Waals surface area contributed by atoms with Gasteiger partial charge in [0.05, 0.1) is 0 Å². The Morgan fingerprint density at radius 2 is 1.81 bits per heavy atom. The fourth-order valence-corrected chi connectivity index (χ4v) is 3.77. The Bertz CT molecular complexity index is 482. The highest BCUT2D eigenvalue weighted by molar-refractivity contribution is 5.90. The maximum absolute atomic E-state index is 12.2. The Labute approximate surface area is 127 Å². The van der Waals surface area contributed by atoms with Gasteiger partial charge in [0.15, 0.2) is 0 Å². The average Bonchev–Trinajstić information content (AvgIpc) is 2.78. The van der Waals surface area contributed by atoms with Crippen LogP contribution in [0.4, 0.5) is 5.69 Å². The fraction of sp³-hybridized carbons (Fsp3) is 0.611. The van der Waals surface area contributed by atoms with Crippen molar-refractivity contribution >= 4 is 11.6 Å². The minimum absolute atomic E-state index is 0.165. The summed E-state index contributed by atoms with van der Waals surface area (Å²) in [4.78, 5) is 12.2. The number of rotatable bonds is 4. The molecule has 0 saturated carbocycles. The van der Waals surface area contributed by atoms with Crippen LogP contribution >= 0.6 is 0 Å². The van der Waals surface area contributed by atoms with Gasteiger partial charge < -0.3 is 10.6 Å². The van der Waals surface area contributed by atoms with Crippen molar-refractivity contribution in [3.8, 4) is 0 Å². The van der Waals surface area contributed by atoms with E-state index in [-0.39, 0.29) is 5.91 Å². The largest absolute Gasteiger partial charge is 0.326 e. The molecule has 3 heteroatoms. The minimum Gasteiger partial charge on any atom is -0.326 e. The van der Waals surface area contributed by atoms with Gasteiger partial charge in [-0.05, 0) is 55.2 Å². The van der Waals surface area contributed by atoms with Crippen molar-refractivity contribution in [3.05, 3.63) is 29.8 Å². The van der Waals surface area contributed by atoms with Crippen LogP contribution in [0.5, 0.6) is 0 Å². The molecule has 2 heterocycles. The molecule has 1 aromatic rings. The Morgan fingerprint density at radius 3 is 2.38 bits per heavy atom. The third kappa shape index (κ3) is 3.65. The normalized spacial score (nSPS) is 27.9. The van der Waals surface area contributed by atoms with Crippen LogP contribution in [0, 0.1) is 5.92 Å². The molecule has 3 nitrogen and oxygen atoms in total. The lowest BCUT2D eigenvalue weighted by atomic mass is 9.89. The summed E-state index contributed by atoms with van der Waals surface area (Å²) in [6.07, 6.45) is 5.58. The van der Waals surface area contributed by atoms with Gasteiger partial charge in [-0.1, -0.05) is 26.0 Å². The number of anilines is 1. The lowest BCUT2D eigenvalue weighted by Gasteiger charge is -2.28. The molecule has 2 atom stereocenters. The van der Waals surface area contributed by atoms with Gasteiger partial charge in [0.1, 0.15) is 0 Å². The quantitative estimate of drug-likeness (QED) is 0.886. The van der Waals surface area contributed by atoms with Crippen molar-refractivity contribution in [2.75, 3.05) is 5.32 Å². The zero-order valence-corrected chi connectivity index (χ0v) is 13.1. The first-order chi connectivity index (χ1) is 10.1. The zero-order chi connectivity index (χ0) is 14.8. The van der Waals surface area contributed by atoms with Crippen LogP contribution in [0.15, 0.2) is 24.3 Å². The Kier molecular flexibility index (Phi) is 4.29. The smallest absolute Gasteiger partial charge is 0.224 e. The van der Waals surface area contributed by atoms with E-state index in [0.29, 0.717) is 30.3 Å². The van der Waals surface area contributed by atoms with Crippen molar-refractivity contribution in [2.24, 2.45) is 5.92 Å². The topological polar surface area (TPSA) is 41.1 Å². The zero-order valence-electron chi connectivity index (χ0n) is 13.1. The maximum Gasteiger partial charge on any atom is 0.224 e. The van der Waals surface area contributed by atoms with Crippen LogP contribution < -0.4 is 10.6 Å². The number of fused-ring (bicyclic) bond motifs is 2. The highest BCUT2D eigenvalue weighted by Crippen LogP contribution is 2.32. The molecule has 2 bridgehead atoms. The molecule has 1 amide bonds. The molecule has 21 heavy (non-hydrogen) atoms. The third-order valence-electron chi connectivity index (χ3n) is 4.91. The van der Waals surface area contributed by atoms with Crippen molar-refractivity contribution in [3.63, 3.8) is 0 Å². The van der Waals surface area contributed by atoms with Crippen LogP contribution in [-0.2, 0) is 4.79 Å². The SMILES string of the molecule is CC(C)c1ccc(NC(=O)CC2CC3CCC(C2)N3)cc1. The standard InChI is InChI=1S/C18H26N2O/c1-12(2)14-3-5-15(6-4-14)20-18(21)11-13-9-16-7-8-17(10-13)19-16/h3-6,12-13,16-17,19H,7-11H2,1-2H3,(H,20,21). The van der Waals surface area contributed by atoms with Crippen molar-refractivity contribution in [2.45, 2.75) is 64.0 Å². The Hall–Kier alpha value is -1.35. The lowest BCUT2D eigenvalue weighted by Crippen LogP contribution is -2.39. The van der Waals surface area contributed by atoms with E-state index >= 15 is 0 Å². The average molecular weight is 286 g/mol. The van der Waals surface area contributed by atoms with Crippen LogP contribution in [0.25, 0.3) is 0 Å². The molecule has 1 aromatic carbocycles. The molecular formula is C18H26N2O. The van der Waals surface area contributed by atoms with Gasteiger partial charge in [0.25, 0.3) is 0 Å². The van der Waals surface area contributed by atoms with E-state index in [0.717, 1.165) is 18.5 Å². The Balaban J connectivity index is 1.52. The molecule has 2 fully saturated rings. The van der Waals surface area contributed by atoms with E-state index in [1.807, 2.05) is 12.1 Å². The molecule has 0 aliphatic carbocycles. The van der Waals surface area contributed by atoms with E-state index in [1.54, 1.807) is 0 Å². The number of piperidine rings is 1. The van der Waals surface area contributed by atoms with Gasteiger partial charge in [0, 0.05) is 24.2 Å². The molecule has 2 saturated heterocycles. The minimum atomic E-state index is 0.165. The summed E-state index contributed by atoms with van der Waals surface area (Å²) >= 11 is 0. The summed E-state index contributed by atoms with van der Waals surface area (Å²) in [5, 5.41) is 6.67. The molecule has 0 aromatic heterocycles. The maximum atomic E-state index is 12.2. The van der Waals surface area contributed by atoms with Gasteiger partial charge >= 0.3 is 0 Å². The van der Waals surface area contributed by atoms with Crippen molar-refractivity contribution < 1.29 is 4.79 Å². The first-order valence-electron chi connectivity index (χ1n) is 8.26. The Morgan fingerprint density at radius 1 is 1.19 bits per heavy atom. The van der Waals surface area contributed by atoms with E-state index in [1.165, 1.54) is 18.4 Å². The molecular weight excluding hydrogens is 260 g/mol. The van der Waals surface area contributed by atoms with E-state index < -0.39 is 0 Å². The second-order valence-corrected chi connectivity index (χ2v) is 7.00. The molecule has 2 N–H and O–H groups in total. The van der Waals surface area contributed by atoms with Crippen molar-refractivity contribution in [1.82, 2.24) is 5.32 Å². The number of benzene rings is 1. The monoisotopic (exact) mass is 286 g/mol. The highest BCUT2D eigenvalue weighted by atomic mass is 16.1. The molecule has 3 rings (SSSR count). The number of hydrogen-bond donors (Lipinski definition) is 2. The number of carbonyl (C=O) groups excluding carboxylic acids is 1. The summed E-state index contributed by atoms with van der Waals surface area (Å²) in [7, 11) is 0. The third-order valence-corrected chi connectivity index (χ3v) is 4.91. The predicted molar refractivity (Wildman–Crippen MR) is 86.4 cm³/mol. The summed E-state index contributed by atoms with van der Waals surface area (Å²) in [5.74, 6) is 1.25. The summed E-state index contributed by atoms with van der Waals surface area (Å²) in [6, 6.07) is 9.55. The first kappa shape index (κ1) is 14.6. The summed E-state index contributed by atoms with van der Waals surface area (Å²) in [5.41, 5.74) is 2.23. The van der Waals surface area contributed by atoms with Gasteiger partial charge in [-0.3, -0.25) is 4.79 Å². The molecule has 0 spiro atoms. The summed E-state index contributed by atoms with van der Waals surface area (Å²) < 4.78 is 0. The van der Waals surface area contributed by atoms with Gasteiger partial charge in [-0.15, -0.1) is 0 Å². The van der Waals surface area contributed by atoms with Crippen LogP contribution in [0.3, 0.4) is 0 Å². The van der Waals surface area contributed by atoms with Gasteiger partial charge in [-0.25, -0.2) is 0 Å². The second-order valence-electron chi connectivity index (χ2n) is 7.00. The second kappa shape index (κ2) is 6.18. The fourth-order valence-electron chi connectivity index (χ4n) is 3.77.